The number of rotatable bonds is 2. The second-order valence-electron chi connectivity index (χ2n) is 1.36. The largest absolute Gasteiger partial charge is 0.466 e. The van der Waals surface area contributed by atoms with Crippen molar-refractivity contribution in [2.75, 3.05) is 13.7 Å². The van der Waals surface area contributed by atoms with Crippen molar-refractivity contribution in [3.63, 3.8) is 0 Å². The van der Waals surface area contributed by atoms with Crippen LogP contribution >= 0.6 is 0 Å². The third-order valence-electron chi connectivity index (χ3n) is 0.621. The Morgan fingerprint density at radius 1 is 1.08 bits per heavy atom. The number of ether oxygens (including phenoxy) is 2. The summed E-state index contributed by atoms with van der Waals surface area (Å²) < 4.78 is 8.47. The quantitative estimate of drug-likeness (QED) is 0.626. The molecule has 0 rings (SSSR count). The predicted molar refractivity (Wildman–Crippen MR) is 51.3 cm³/mol. The molecule has 0 aliphatic heterocycles. The van der Waals surface area contributed by atoms with Crippen LogP contribution in [0.5, 0.6) is 0 Å². The molecule has 80 valence electrons. The zero-order chi connectivity index (χ0) is 11.3. The van der Waals surface area contributed by atoms with E-state index >= 15 is 0 Å². The van der Waals surface area contributed by atoms with Gasteiger partial charge in [-0.1, -0.05) is 27.7 Å². The zero-order valence-corrected chi connectivity index (χ0v) is 9.34. The van der Waals surface area contributed by atoms with Crippen LogP contribution in [0.1, 0.15) is 34.6 Å². The van der Waals surface area contributed by atoms with Crippen molar-refractivity contribution in [2.24, 2.45) is 0 Å². The Bertz CT molecular complexity index is 121. The number of carbonyl (C=O) groups excluding carboxylic acids is 2. The average molecular weight is 192 g/mol. The Morgan fingerprint density at radius 3 is 1.69 bits per heavy atom. The van der Waals surface area contributed by atoms with Gasteiger partial charge in [-0.2, -0.15) is 0 Å². The van der Waals surface area contributed by atoms with Crippen LogP contribution in [0.15, 0.2) is 0 Å². The van der Waals surface area contributed by atoms with Gasteiger partial charge in [0.2, 0.25) is 0 Å². The Kier molecular flexibility index (Phi) is 23.6. The molecule has 4 heteroatoms. The van der Waals surface area contributed by atoms with Crippen LogP contribution in [0.4, 0.5) is 0 Å². The van der Waals surface area contributed by atoms with Crippen molar-refractivity contribution < 1.29 is 19.1 Å². The molecule has 4 nitrogen and oxygen atoms in total. The summed E-state index contributed by atoms with van der Waals surface area (Å²) in [6.07, 6.45) is 0. The smallest absolute Gasteiger partial charge is 0.344 e. The summed E-state index contributed by atoms with van der Waals surface area (Å²) in [6.45, 7) is 8.93. The Balaban J connectivity index is -0.000000218. The lowest BCUT2D eigenvalue weighted by Crippen LogP contribution is -2.12. The van der Waals surface area contributed by atoms with Gasteiger partial charge < -0.3 is 9.47 Å². The van der Waals surface area contributed by atoms with Crippen LogP contribution < -0.4 is 0 Å². The van der Waals surface area contributed by atoms with Crippen LogP contribution in [0, 0.1) is 0 Å². The van der Waals surface area contributed by atoms with E-state index in [-0.39, 0.29) is 6.61 Å². The lowest BCUT2D eigenvalue weighted by atomic mass is 10.7. The summed E-state index contributed by atoms with van der Waals surface area (Å²) in [7, 11) is 1.23. The molecule has 0 bridgehead atoms. The van der Waals surface area contributed by atoms with E-state index < -0.39 is 11.9 Å². The van der Waals surface area contributed by atoms with E-state index in [1.54, 1.807) is 0 Å². The minimum absolute atomic E-state index is 0.300. The molecular weight excluding hydrogens is 172 g/mol. The van der Waals surface area contributed by atoms with E-state index in [0.29, 0.717) is 0 Å². The van der Waals surface area contributed by atoms with Gasteiger partial charge in [0.05, 0.1) is 7.11 Å². The topological polar surface area (TPSA) is 52.6 Å². The molecule has 0 amide bonds. The molecule has 0 aromatic rings. The van der Waals surface area contributed by atoms with Gasteiger partial charge in [0.15, 0.2) is 6.61 Å². The minimum atomic E-state index is -0.551. The van der Waals surface area contributed by atoms with Crippen molar-refractivity contribution in [1.82, 2.24) is 0 Å². The molecule has 0 fully saturated rings. The highest BCUT2D eigenvalue weighted by molar-refractivity contribution is 5.74. The fourth-order valence-electron chi connectivity index (χ4n) is 0.219. The van der Waals surface area contributed by atoms with E-state index in [0.717, 1.165) is 0 Å². The van der Waals surface area contributed by atoms with Crippen molar-refractivity contribution in [3.05, 3.63) is 0 Å². The summed E-state index contributed by atoms with van der Waals surface area (Å²) >= 11 is 0. The maximum atomic E-state index is 10.2. The Morgan fingerprint density at radius 2 is 1.46 bits per heavy atom. The zero-order valence-electron chi connectivity index (χ0n) is 9.34. The Hall–Kier alpha value is -1.06. The first kappa shape index (κ1) is 17.9. The third-order valence-corrected chi connectivity index (χ3v) is 0.621. The molecule has 0 heterocycles. The van der Waals surface area contributed by atoms with Crippen LogP contribution in [-0.2, 0) is 19.1 Å². The summed E-state index contributed by atoms with van der Waals surface area (Å²) in [6, 6.07) is 0. The van der Waals surface area contributed by atoms with E-state index in [2.05, 4.69) is 9.47 Å². The highest BCUT2D eigenvalue weighted by Crippen LogP contribution is 1.78. The second kappa shape index (κ2) is 17.1. The number of hydrogen-bond donors (Lipinski definition) is 0. The standard InChI is InChI=1S/C5H8O4.2C2H6/c1-4(6)9-3-5(7)8-2;2*1-2/h3H2,1-2H3;2*1-2H3. The molecule has 0 aromatic heterocycles. The molecule has 0 unspecified atom stereocenters. The molecule has 0 N–H and O–H groups in total. The number of carbonyl (C=O) groups is 2. The molecule has 0 aliphatic rings. The molecule has 0 aliphatic carbocycles. The van der Waals surface area contributed by atoms with E-state index in [1.807, 2.05) is 27.7 Å². The van der Waals surface area contributed by atoms with Crippen molar-refractivity contribution in [3.8, 4) is 0 Å². The first-order valence-corrected chi connectivity index (χ1v) is 4.37. The summed E-state index contributed by atoms with van der Waals surface area (Å²) in [5, 5.41) is 0. The first-order valence-electron chi connectivity index (χ1n) is 4.37. The minimum Gasteiger partial charge on any atom is -0.466 e. The molecule has 0 saturated heterocycles. The van der Waals surface area contributed by atoms with Gasteiger partial charge in [-0.3, -0.25) is 4.79 Å². The fourth-order valence-corrected chi connectivity index (χ4v) is 0.219. The molecule has 0 spiro atoms. The summed E-state index contributed by atoms with van der Waals surface area (Å²) in [5.74, 6) is -1.04. The van der Waals surface area contributed by atoms with Gasteiger partial charge in [-0.15, -0.1) is 0 Å². The van der Waals surface area contributed by atoms with E-state index in [9.17, 15) is 9.59 Å². The molecule has 0 saturated carbocycles. The second-order valence-corrected chi connectivity index (χ2v) is 1.36. The van der Waals surface area contributed by atoms with E-state index in [4.69, 9.17) is 0 Å². The Labute approximate surface area is 80.2 Å². The van der Waals surface area contributed by atoms with Gasteiger partial charge in [0.25, 0.3) is 0 Å². The maximum Gasteiger partial charge on any atom is 0.344 e. The highest BCUT2D eigenvalue weighted by Gasteiger charge is 2.00. The third kappa shape index (κ3) is 24.8. The van der Waals surface area contributed by atoms with Gasteiger partial charge in [0.1, 0.15) is 0 Å². The molecule has 0 atom stereocenters. The molecule has 0 radical (unpaired) electrons. The lowest BCUT2D eigenvalue weighted by molar-refractivity contribution is -0.155. The van der Waals surface area contributed by atoms with Crippen LogP contribution in [0.3, 0.4) is 0 Å². The van der Waals surface area contributed by atoms with Crippen molar-refractivity contribution in [2.45, 2.75) is 34.6 Å². The normalized spacial score (nSPS) is 6.62. The van der Waals surface area contributed by atoms with Gasteiger partial charge in [-0.25, -0.2) is 4.79 Å². The predicted octanol–water partition coefficient (Wildman–Crippen LogP) is 1.77. The van der Waals surface area contributed by atoms with Gasteiger partial charge in [-0.05, 0) is 0 Å². The van der Waals surface area contributed by atoms with Crippen molar-refractivity contribution >= 4 is 11.9 Å². The van der Waals surface area contributed by atoms with Crippen LogP contribution in [0.2, 0.25) is 0 Å². The number of methoxy groups -OCH3 is 1. The van der Waals surface area contributed by atoms with Gasteiger partial charge >= 0.3 is 11.9 Å². The highest BCUT2D eigenvalue weighted by atomic mass is 16.6. The molecular formula is C9H20O4. The summed E-state index contributed by atoms with van der Waals surface area (Å²) in [4.78, 5) is 20.3. The van der Waals surface area contributed by atoms with E-state index in [1.165, 1.54) is 14.0 Å². The lowest BCUT2D eigenvalue weighted by Gasteiger charge is -1.97. The first-order chi connectivity index (χ1) is 6.16. The van der Waals surface area contributed by atoms with Crippen LogP contribution in [-0.4, -0.2) is 25.7 Å². The van der Waals surface area contributed by atoms with Gasteiger partial charge in [0, 0.05) is 6.92 Å². The monoisotopic (exact) mass is 192 g/mol. The fraction of sp³-hybridized carbons (Fsp3) is 0.778. The van der Waals surface area contributed by atoms with Crippen LogP contribution in [0.25, 0.3) is 0 Å². The molecule has 0 aromatic carbocycles. The van der Waals surface area contributed by atoms with Crippen molar-refractivity contribution in [1.29, 1.82) is 0 Å². The average Bonchev–Trinajstić information content (AvgIpc) is 2.20. The number of hydrogen-bond acceptors (Lipinski definition) is 4. The molecule has 13 heavy (non-hydrogen) atoms. The SMILES string of the molecule is CC.CC.COC(=O)COC(C)=O. The number of esters is 2. The maximum absolute atomic E-state index is 10.2. The summed E-state index contributed by atoms with van der Waals surface area (Å²) in [5.41, 5.74) is 0.